The van der Waals surface area contributed by atoms with Crippen LogP contribution in [0.2, 0.25) is 0 Å². The van der Waals surface area contributed by atoms with Crippen LogP contribution in [0.1, 0.15) is 25.5 Å². The third-order valence-corrected chi connectivity index (χ3v) is 2.22. The molecule has 1 aromatic rings. The number of hydrogen-bond acceptors (Lipinski definition) is 1. The van der Waals surface area contributed by atoms with Gasteiger partial charge in [0.25, 0.3) is 0 Å². The molecule has 0 saturated carbocycles. The van der Waals surface area contributed by atoms with Gasteiger partial charge in [-0.15, -0.1) is 11.6 Å². The van der Waals surface area contributed by atoms with Crippen molar-refractivity contribution in [1.29, 1.82) is 0 Å². The summed E-state index contributed by atoms with van der Waals surface area (Å²) in [6, 6.07) is 9.80. The van der Waals surface area contributed by atoms with Crippen LogP contribution in [0.25, 0.3) is 0 Å². The molecular weight excluding hydrogens is 198 g/mol. The highest BCUT2D eigenvalue weighted by Gasteiger charge is 2.12. The van der Waals surface area contributed by atoms with E-state index in [4.69, 9.17) is 11.6 Å². The average Bonchev–Trinajstić information content (AvgIpc) is 2.19. The molecule has 1 aromatic carbocycles. The number of carbonyl (C=O) groups is 1. The van der Waals surface area contributed by atoms with E-state index in [1.54, 1.807) is 6.92 Å². The molecule has 0 heterocycles. The summed E-state index contributed by atoms with van der Waals surface area (Å²) in [5.74, 6) is -0.136. The maximum absolute atomic E-state index is 11.3. The Balaban J connectivity index is 2.59. The molecule has 0 bridgehead atoms. The van der Waals surface area contributed by atoms with E-state index < -0.39 is 5.38 Å². The van der Waals surface area contributed by atoms with Crippen molar-refractivity contribution in [2.75, 3.05) is 0 Å². The third-order valence-electron chi connectivity index (χ3n) is 2.02. The number of nitrogens with one attached hydrogen (secondary N) is 1. The summed E-state index contributed by atoms with van der Waals surface area (Å²) in [6.45, 7) is 3.60. The maximum atomic E-state index is 11.3. The molecule has 0 aliphatic heterocycles. The van der Waals surface area contributed by atoms with Gasteiger partial charge >= 0.3 is 0 Å². The van der Waals surface area contributed by atoms with E-state index in [1.165, 1.54) is 0 Å². The van der Waals surface area contributed by atoms with Gasteiger partial charge in [0, 0.05) is 0 Å². The van der Waals surface area contributed by atoms with Gasteiger partial charge in [-0.2, -0.15) is 0 Å². The smallest absolute Gasteiger partial charge is 0.238 e. The van der Waals surface area contributed by atoms with Gasteiger partial charge in [0.1, 0.15) is 5.38 Å². The van der Waals surface area contributed by atoms with E-state index in [0.717, 1.165) is 5.56 Å². The Bertz CT molecular complexity index is 297. The molecule has 0 aliphatic rings. The topological polar surface area (TPSA) is 29.1 Å². The largest absolute Gasteiger partial charge is 0.348 e. The van der Waals surface area contributed by atoms with Gasteiger partial charge < -0.3 is 5.32 Å². The van der Waals surface area contributed by atoms with Crippen molar-refractivity contribution in [3.8, 4) is 0 Å². The van der Waals surface area contributed by atoms with Crippen molar-refractivity contribution in [2.24, 2.45) is 0 Å². The van der Waals surface area contributed by atoms with Crippen LogP contribution in [-0.4, -0.2) is 11.3 Å². The molecule has 2 atom stereocenters. The van der Waals surface area contributed by atoms with Crippen LogP contribution in [0.4, 0.5) is 0 Å². The molecule has 0 spiro atoms. The Labute approximate surface area is 89.3 Å². The van der Waals surface area contributed by atoms with Crippen LogP contribution in [0.3, 0.4) is 0 Å². The minimum absolute atomic E-state index is 0.00454. The standard InChI is InChI=1S/C11H14ClNO/c1-8(12)11(14)13-9(2)10-6-4-3-5-7-10/h3-9H,1-2H3,(H,13,14)/t8?,9-/m0/s1. The van der Waals surface area contributed by atoms with Crippen molar-refractivity contribution in [2.45, 2.75) is 25.3 Å². The summed E-state index contributed by atoms with van der Waals surface area (Å²) >= 11 is 5.65. The average molecular weight is 212 g/mol. The Morgan fingerprint density at radius 1 is 1.29 bits per heavy atom. The predicted molar refractivity (Wildman–Crippen MR) is 58.3 cm³/mol. The Hall–Kier alpha value is -1.02. The van der Waals surface area contributed by atoms with Crippen LogP contribution in [0.15, 0.2) is 30.3 Å². The zero-order valence-corrected chi connectivity index (χ0v) is 9.08. The molecule has 1 N–H and O–H groups in total. The van der Waals surface area contributed by atoms with Gasteiger partial charge in [-0.3, -0.25) is 4.79 Å². The number of hydrogen-bond donors (Lipinski definition) is 1. The quantitative estimate of drug-likeness (QED) is 0.765. The van der Waals surface area contributed by atoms with Crippen LogP contribution >= 0.6 is 11.6 Å². The van der Waals surface area contributed by atoms with Crippen LogP contribution in [0, 0.1) is 0 Å². The van der Waals surface area contributed by atoms with Crippen molar-refractivity contribution in [3.05, 3.63) is 35.9 Å². The molecule has 0 aromatic heterocycles. The van der Waals surface area contributed by atoms with Gasteiger partial charge in [-0.05, 0) is 19.4 Å². The highest BCUT2D eigenvalue weighted by atomic mass is 35.5. The number of rotatable bonds is 3. The number of benzene rings is 1. The minimum Gasteiger partial charge on any atom is -0.348 e. The highest BCUT2D eigenvalue weighted by Crippen LogP contribution is 2.11. The SMILES string of the molecule is CC(Cl)C(=O)N[C@@H](C)c1ccccc1. The van der Waals surface area contributed by atoms with Crippen LogP contribution < -0.4 is 5.32 Å². The fraction of sp³-hybridized carbons (Fsp3) is 0.364. The fourth-order valence-electron chi connectivity index (χ4n) is 1.15. The third kappa shape index (κ3) is 3.04. The molecule has 0 fully saturated rings. The monoisotopic (exact) mass is 211 g/mol. The first-order valence-corrected chi connectivity index (χ1v) is 5.04. The van der Waals surface area contributed by atoms with Crippen LogP contribution in [-0.2, 0) is 4.79 Å². The van der Waals surface area contributed by atoms with Gasteiger partial charge in [0.2, 0.25) is 5.91 Å². The van der Waals surface area contributed by atoms with E-state index in [9.17, 15) is 4.79 Å². The number of alkyl halides is 1. The Morgan fingerprint density at radius 2 is 1.86 bits per heavy atom. The number of carbonyl (C=O) groups excluding carboxylic acids is 1. The first kappa shape index (κ1) is 11.1. The zero-order valence-electron chi connectivity index (χ0n) is 8.33. The normalized spacial score (nSPS) is 14.5. The summed E-state index contributed by atoms with van der Waals surface area (Å²) in [5, 5.41) is 2.34. The van der Waals surface area contributed by atoms with E-state index in [-0.39, 0.29) is 11.9 Å². The Morgan fingerprint density at radius 3 is 2.36 bits per heavy atom. The van der Waals surface area contributed by atoms with Crippen LogP contribution in [0.5, 0.6) is 0 Å². The molecule has 14 heavy (non-hydrogen) atoms. The molecule has 0 radical (unpaired) electrons. The van der Waals surface area contributed by atoms with Gasteiger partial charge in [0.05, 0.1) is 6.04 Å². The predicted octanol–water partition coefficient (Wildman–Crippen LogP) is 2.49. The summed E-state index contributed by atoms with van der Waals surface area (Å²) < 4.78 is 0. The molecule has 1 unspecified atom stereocenters. The highest BCUT2D eigenvalue weighted by molar-refractivity contribution is 6.30. The molecular formula is C11H14ClNO. The van der Waals surface area contributed by atoms with E-state index >= 15 is 0 Å². The van der Waals surface area contributed by atoms with E-state index in [1.807, 2.05) is 37.3 Å². The lowest BCUT2D eigenvalue weighted by molar-refractivity contribution is -0.121. The summed E-state index contributed by atoms with van der Waals surface area (Å²) in [4.78, 5) is 11.3. The number of halogens is 1. The van der Waals surface area contributed by atoms with Gasteiger partial charge in [0.15, 0.2) is 0 Å². The second kappa shape index (κ2) is 5.01. The zero-order chi connectivity index (χ0) is 10.6. The first-order valence-electron chi connectivity index (χ1n) is 4.60. The maximum Gasteiger partial charge on any atom is 0.238 e. The first-order chi connectivity index (χ1) is 6.61. The van der Waals surface area contributed by atoms with E-state index in [0.29, 0.717) is 0 Å². The molecule has 3 heteroatoms. The molecule has 0 aliphatic carbocycles. The second-order valence-electron chi connectivity index (χ2n) is 3.26. The van der Waals surface area contributed by atoms with Gasteiger partial charge in [-0.1, -0.05) is 30.3 Å². The summed E-state index contributed by atoms with van der Waals surface area (Å²) in [6.07, 6.45) is 0. The number of amides is 1. The minimum atomic E-state index is -0.485. The summed E-state index contributed by atoms with van der Waals surface area (Å²) in [5.41, 5.74) is 1.08. The molecule has 76 valence electrons. The molecule has 0 saturated heterocycles. The lowest BCUT2D eigenvalue weighted by Crippen LogP contribution is -2.31. The Kier molecular flexibility index (Phi) is 3.96. The molecule has 2 nitrogen and oxygen atoms in total. The van der Waals surface area contributed by atoms with Crippen molar-refractivity contribution in [1.82, 2.24) is 5.32 Å². The fourth-order valence-corrected chi connectivity index (χ4v) is 1.22. The van der Waals surface area contributed by atoms with E-state index in [2.05, 4.69) is 5.32 Å². The molecule has 1 rings (SSSR count). The second-order valence-corrected chi connectivity index (χ2v) is 3.91. The van der Waals surface area contributed by atoms with Crippen molar-refractivity contribution < 1.29 is 4.79 Å². The molecule has 1 amide bonds. The lowest BCUT2D eigenvalue weighted by atomic mass is 10.1. The van der Waals surface area contributed by atoms with Crippen molar-refractivity contribution >= 4 is 17.5 Å². The van der Waals surface area contributed by atoms with Crippen molar-refractivity contribution in [3.63, 3.8) is 0 Å². The lowest BCUT2D eigenvalue weighted by Gasteiger charge is -2.14. The summed E-state index contributed by atoms with van der Waals surface area (Å²) in [7, 11) is 0. The van der Waals surface area contributed by atoms with Gasteiger partial charge in [-0.25, -0.2) is 0 Å².